The number of unbranched alkanes of at least 4 members (excludes halogenated alkanes) is 27. The van der Waals surface area contributed by atoms with Gasteiger partial charge in [0.2, 0.25) is 5.91 Å². The standard InChI is InChI=1S/C83H141NO18/c1-3-5-7-9-11-13-15-17-19-21-23-25-26-27-28-29-30-31-32-33-34-35-36-37-38-39-40-41-43-45-47-49-51-53-55-57-59-61-71(89)84-66(67(88)60-58-56-54-52-50-48-46-44-42-24-22-20-18-16-14-12-10-8-6-4-2)65-97-81-77(95)74(92)79(69(63-86)99-81)102-83-78(96)75(93)80(70(64-87)100-83)101-82-76(94)73(91)72(90)68(62-85)98-82/h5,7,11,13,17,19,23,25,27-28,30-31,33-34,36-37,50,52,58,60,66-70,72-83,85-88,90-96H,3-4,6,8-10,12,14-16,18,20-22,24,26,29,32,35,38-49,51,53-57,59,61-65H2,1-2H3,(H,84,89)/b7-5-,13-11-,19-17-,25-23-,28-27-,31-30-,34-33-,37-36-,52-50+,60-58+. The molecule has 0 aromatic rings. The van der Waals surface area contributed by atoms with Crippen molar-refractivity contribution >= 4 is 5.91 Å². The molecule has 0 aliphatic carbocycles. The lowest BCUT2D eigenvalue weighted by Gasteiger charge is -2.48. The molecule has 3 heterocycles. The Bertz CT molecular complexity index is 2320. The van der Waals surface area contributed by atoms with Crippen LogP contribution >= 0.6 is 0 Å². The van der Waals surface area contributed by atoms with E-state index >= 15 is 0 Å². The van der Waals surface area contributed by atoms with E-state index in [0.29, 0.717) is 12.8 Å². The Balaban J connectivity index is 1.36. The first kappa shape index (κ1) is 92.4. The van der Waals surface area contributed by atoms with E-state index in [1.54, 1.807) is 6.08 Å². The molecule has 19 heteroatoms. The van der Waals surface area contributed by atoms with E-state index in [9.17, 15) is 61.0 Å². The van der Waals surface area contributed by atoms with Gasteiger partial charge in [0.05, 0.1) is 38.6 Å². The molecule has 0 saturated carbocycles. The third-order valence-corrected chi connectivity index (χ3v) is 19.0. The molecule has 3 aliphatic heterocycles. The van der Waals surface area contributed by atoms with Crippen LogP contribution in [-0.2, 0) is 33.2 Å². The fourth-order valence-corrected chi connectivity index (χ4v) is 12.6. The fourth-order valence-electron chi connectivity index (χ4n) is 12.6. The largest absolute Gasteiger partial charge is 0.394 e. The summed E-state index contributed by atoms with van der Waals surface area (Å²) >= 11 is 0. The average Bonchev–Trinajstić information content (AvgIpc) is 0.778. The minimum atomic E-state index is -1.99. The Morgan fingerprint density at radius 3 is 1.10 bits per heavy atom. The Morgan fingerprint density at radius 1 is 0.363 bits per heavy atom. The summed E-state index contributed by atoms with van der Waals surface area (Å²) < 4.78 is 34.4. The lowest BCUT2D eigenvalue weighted by atomic mass is 9.96. The topological polar surface area (TPSA) is 307 Å². The van der Waals surface area contributed by atoms with Gasteiger partial charge in [0.15, 0.2) is 18.9 Å². The van der Waals surface area contributed by atoms with E-state index in [0.717, 1.165) is 103 Å². The second-order valence-corrected chi connectivity index (χ2v) is 27.8. The molecule has 0 aromatic carbocycles. The van der Waals surface area contributed by atoms with E-state index in [1.807, 2.05) is 6.08 Å². The first-order valence-corrected chi connectivity index (χ1v) is 39.8. The molecule has 0 radical (unpaired) electrons. The number of aliphatic hydroxyl groups is 11. The Labute approximate surface area is 614 Å². The molecule has 0 aromatic heterocycles. The number of amides is 1. The highest BCUT2D eigenvalue weighted by molar-refractivity contribution is 5.76. The van der Waals surface area contributed by atoms with Gasteiger partial charge in [0.25, 0.3) is 0 Å². The molecular formula is C83H141NO18. The normalized spacial score (nSPS) is 26.9. The van der Waals surface area contributed by atoms with Crippen molar-refractivity contribution in [2.75, 3.05) is 26.4 Å². The second kappa shape index (κ2) is 62.3. The van der Waals surface area contributed by atoms with Gasteiger partial charge in [-0.25, -0.2) is 0 Å². The van der Waals surface area contributed by atoms with Gasteiger partial charge in [-0.1, -0.05) is 283 Å². The van der Waals surface area contributed by atoms with Crippen molar-refractivity contribution in [2.24, 2.45) is 0 Å². The molecule has 17 unspecified atom stereocenters. The molecule has 1 amide bonds. The third-order valence-electron chi connectivity index (χ3n) is 19.0. The lowest BCUT2D eigenvalue weighted by Crippen LogP contribution is -2.66. The molecule has 102 heavy (non-hydrogen) atoms. The maximum atomic E-state index is 13.5. The summed E-state index contributed by atoms with van der Waals surface area (Å²) in [7, 11) is 0. The van der Waals surface area contributed by atoms with Crippen LogP contribution in [0.5, 0.6) is 0 Å². The summed E-state index contributed by atoms with van der Waals surface area (Å²) in [5.41, 5.74) is 0. The average molecular weight is 1440 g/mol. The number of hydrogen-bond acceptors (Lipinski definition) is 18. The zero-order valence-electron chi connectivity index (χ0n) is 62.5. The third kappa shape index (κ3) is 41.9. The van der Waals surface area contributed by atoms with Crippen LogP contribution in [0.3, 0.4) is 0 Å². The van der Waals surface area contributed by atoms with Crippen molar-refractivity contribution in [2.45, 2.75) is 369 Å². The first-order chi connectivity index (χ1) is 49.8. The number of rotatable bonds is 61. The highest BCUT2D eigenvalue weighted by Gasteiger charge is 2.53. The molecule has 0 bridgehead atoms. The predicted molar refractivity (Wildman–Crippen MR) is 406 cm³/mol. The molecule has 3 fully saturated rings. The summed E-state index contributed by atoms with van der Waals surface area (Å²) in [6.45, 7) is 1.61. The zero-order valence-corrected chi connectivity index (χ0v) is 62.5. The quantitative estimate of drug-likeness (QED) is 0.0199. The lowest BCUT2D eigenvalue weighted by molar-refractivity contribution is -0.379. The van der Waals surface area contributed by atoms with Crippen molar-refractivity contribution in [3.8, 4) is 0 Å². The van der Waals surface area contributed by atoms with E-state index < -0.39 is 124 Å². The zero-order chi connectivity index (χ0) is 73.9. The summed E-state index contributed by atoms with van der Waals surface area (Å²) in [6, 6.07) is -1.000. The Kier molecular flexibility index (Phi) is 56.4. The molecule has 19 nitrogen and oxygen atoms in total. The summed E-state index contributed by atoms with van der Waals surface area (Å²) in [6.07, 6.45) is 60.3. The van der Waals surface area contributed by atoms with Crippen molar-refractivity contribution < 1.29 is 89.4 Å². The van der Waals surface area contributed by atoms with Crippen LogP contribution < -0.4 is 5.32 Å². The van der Waals surface area contributed by atoms with Gasteiger partial charge in [-0.05, 0) is 96.3 Å². The van der Waals surface area contributed by atoms with Gasteiger partial charge < -0.3 is 89.9 Å². The van der Waals surface area contributed by atoms with Crippen LogP contribution in [0, 0.1) is 0 Å². The van der Waals surface area contributed by atoms with E-state index in [4.69, 9.17) is 28.4 Å². The van der Waals surface area contributed by atoms with E-state index in [-0.39, 0.29) is 18.9 Å². The van der Waals surface area contributed by atoms with Gasteiger partial charge in [-0.2, -0.15) is 0 Å². The number of nitrogens with one attached hydrogen (secondary N) is 1. The molecule has 0 spiro atoms. The van der Waals surface area contributed by atoms with Gasteiger partial charge >= 0.3 is 0 Å². The maximum absolute atomic E-state index is 13.5. The van der Waals surface area contributed by atoms with Crippen LogP contribution in [0.1, 0.15) is 264 Å². The van der Waals surface area contributed by atoms with Crippen molar-refractivity contribution in [3.05, 3.63) is 122 Å². The minimum Gasteiger partial charge on any atom is -0.394 e. The van der Waals surface area contributed by atoms with Crippen LogP contribution in [0.2, 0.25) is 0 Å². The minimum absolute atomic E-state index is 0.226. The molecule has 12 N–H and O–H groups in total. The van der Waals surface area contributed by atoms with Crippen LogP contribution in [0.15, 0.2) is 122 Å². The number of hydrogen-bond donors (Lipinski definition) is 12. The van der Waals surface area contributed by atoms with Crippen molar-refractivity contribution in [1.82, 2.24) is 5.32 Å². The summed E-state index contributed by atoms with van der Waals surface area (Å²) in [4.78, 5) is 13.5. The second-order valence-electron chi connectivity index (χ2n) is 27.8. The van der Waals surface area contributed by atoms with E-state index in [2.05, 4.69) is 129 Å². The number of carbonyl (C=O) groups is 1. The number of ether oxygens (including phenoxy) is 6. The summed E-state index contributed by atoms with van der Waals surface area (Å²) in [5, 5.41) is 121. The Hall–Kier alpha value is -3.81. The smallest absolute Gasteiger partial charge is 0.220 e. The van der Waals surface area contributed by atoms with Gasteiger partial charge in [-0.3, -0.25) is 4.79 Å². The predicted octanol–water partition coefficient (Wildman–Crippen LogP) is 13.1. The van der Waals surface area contributed by atoms with Crippen LogP contribution in [0.4, 0.5) is 0 Å². The van der Waals surface area contributed by atoms with Crippen LogP contribution in [-0.4, -0.2) is 193 Å². The molecule has 586 valence electrons. The highest BCUT2D eigenvalue weighted by atomic mass is 16.8. The van der Waals surface area contributed by atoms with Crippen LogP contribution in [0.25, 0.3) is 0 Å². The monoisotopic (exact) mass is 1440 g/mol. The fraction of sp³-hybridized carbons (Fsp3) is 0.747. The molecule has 17 atom stereocenters. The molecule has 3 saturated heterocycles. The van der Waals surface area contributed by atoms with Crippen molar-refractivity contribution in [1.29, 1.82) is 0 Å². The highest BCUT2D eigenvalue weighted by Crippen LogP contribution is 2.33. The van der Waals surface area contributed by atoms with Crippen molar-refractivity contribution in [3.63, 3.8) is 0 Å². The number of carbonyl (C=O) groups excluding carboxylic acids is 1. The number of aliphatic hydroxyl groups excluding tert-OH is 11. The van der Waals surface area contributed by atoms with Gasteiger partial charge in [0.1, 0.15) is 73.2 Å². The van der Waals surface area contributed by atoms with Gasteiger partial charge in [0, 0.05) is 6.42 Å². The van der Waals surface area contributed by atoms with E-state index in [1.165, 1.54) is 128 Å². The first-order valence-electron chi connectivity index (χ1n) is 39.8. The summed E-state index contributed by atoms with van der Waals surface area (Å²) in [5.74, 6) is -0.291. The molecular weight excluding hydrogens is 1300 g/mol. The number of allylic oxidation sites excluding steroid dienone is 19. The molecule has 3 rings (SSSR count). The Morgan fingerprint density at radius 2 is 0.686 bits per heavy atom. The molecule has 3 aliphatic rings. The SMILES string of the molecule is CC/C=C\C/C=C\C/C=C\C/C=C\C/C=C\C/C=C\C/C=C\C/C=C\CCCCCCCCCCCCCCC(=O)NC(COC1OC(CO)C(OC2OC(CO)C(OC3OC(CO)C(O)C(O)C3O)C(O)C2O)C(O)C1O)C(O)/C=C/CC/C=C/CCCCCCCCCCCCCCCC. The maximum Gasteiger partial charge on any atom is 0.220 e. The van der Waals surface area contributed by atoms with Gasteiger partial charge in [-0.15, -0.1) is 0 Å².